The van der Waals surface area contributed by atoms with Gasteiger partial charge in [0.05, 0.1) is 11.1 Å². The summed E-state index contributed by atoms with van der Waals surface area (Å²) in [6.45, 7) is 10.8. The van der Waals surface area contributed by atoms with Gasteiger partial charge in [-0.15, -0.1) is 0 Å². The minimum absolute atomic E-state index is 0.427. The van der Waals surface area contributed by atoms with Crippen LogP contribution < -0.4 is 10.1 Å². The van der Waals surface area contributed by atoms with E-state index < -0.39 is 0 Å². The highest BCUT2D eigenvalue weighted by Gasteiger charge is 2.15. The molecule has 1 rings (SSSR count). The summed E-state index contributed by atoms with van der Waals surface area (Å²) in [5.74, 6) is 1.67. The fourth-order valence-electron chi connectivity index (χ4n) is 2.29. The Morgan fingerprint density at radius 1 is 1.19 bits per heavy atom. The van der Waals surface area contributed by atoms with Crippen LogP contribution in [0.4, 0.5) is 0 Å². The smallest absolute Gasteiger partial charge is 0.133 e. The van der Waals surface area contributed by atoms with Gasteiger partial charge in [0.1, 0.15) is 5.75 Å². The molecule has 0 aliphatic rings. The molecule has 2 atom stereocenters. The van der Waals surface area contributed by atoms with Gasteiger partial charge in [0.15, 0.2) is 0 Å². The first kappa shape index (κ1) is 18.5. The van der Waals surface area contributed by atoms with Crippen molar-refractivity contribution in [2.24, 2.45) is 5.92 Å². The second kappa shape index (κ2) is 10.2. The van der Waals surface area contributed by atoms with Crippen LogP contribution in [0.5, 0.6) is 5.75 Å². The Hall–Kier alpha value is -0.540. The summed E-state index contributed by atoms with van der Waals surface area (Å²) in [6.07, 6.45) is 4.60. The van der Waals surface area contributed by atoms with Crippen molar-refractivity contribution < 1.29 is 4.74 Å². The molecule has 0 bridgehead atoms. The molecule has 3 heteroatoms. The van der Waals surface area contributed by atoms with Crippen LogP contribution >= 0.6 is 15.9 Å². The first-order valence-electron chi connectivity index (χ1n) is 8.27. The number of benzene rings is 1. The highest BCUT2D eigenvalue weighted by Crippen LogP contribution is 2.31. The second-order valence-electron chi connectivity index (χ2n) is 5.79. The van der Waals surface area contributed by atoms with Crippen LogP contribution in [-0.4, -0.2) is 13.2 Å². The Balaban J connectivity index is 2.83. The molecular weight excluding hydrogens is 326 g/mol. The van der Waals surface area contributed by atoms with Crippen molar-refractivity contribution >= 4 is 15.9 Å². The number of hydrogen-bond acceptors (Lipinski definition) is 2. The van der Waals surface area contributed by atoms with Crippen molar-refractivity contribution in [3.05, 3.63) is 28.2 Å². The first-order chi connectivity index (χ1) is 10.1. The average Bonchev–Trinajstić information content (AvgIpc) is 2.49. The lowest BCUT2D eigenvalue weighted by Crippen LogP contribution is -2.24. The molecule has 0 aromatic heterocycles. The Kier molecular flexibility index (Phi) is 9.02. The summed E-state index contributed by atoms with van der Waals surface area (Å²) in [4.78, 5) is 0. The van der Waals surface area contributed by atoms with E-state index in [9.17, 15) is 0 Å². The molecule has 21 heavy (non-hydrogen) atoms. The van der Waals surface area contributed by atoms with E-state index in [1.807, 2.05) is 0 Å². The zero-order chi connectivity index (χ0) is 15.7. The summed E-state index contributed by atoms with van der Waals surface area (Å²) in [5, 5.41) is 3.68. The molecule has 0 aliphatic heterocycles. The number of rotatable bonds is 10. The maximum absolute atomic E-state index is 5.74. The minimum Gasteiger partial charge on any atom is -0.492 e. The minimum atomic E-state index is 0.427. The van der Waals surface area contributed by atoms with Gasteiger partial charge in [-0.3, -0.25) is 0 Å². The van der Waals surface area contributed by atoms with Gasteiger partial charge in [0.25, 0.3) is 0 Å². The fourth-order valence-corrected chi connectivity index (χ4v) is 2.80. The zero-order valence-corrected chi connectivity index (χ0v) is 15.5. The first-order valence-corrected chi connectivity index (χ1v) is 9.07. The van der Waals surface area contributed by atoms with Crippen LogP contribution in [0.3, 0.4) is 0 Å². The van der Waals surface area contributed by atoms with Crippen LogP contribution in [-0.2, 0) is 0 Å². The Labute approximate surface area is 138 Å². The van der Waals surface area contributed by atoms with E-state index in [0.29, 0.717) is 6.04 Å². The maximum Gasteiger partial charge on any atom is 0.133 e. The molecule has 0 spiro atoms. The van der Waals surface area contributed by atoms with Gasteiger partial charge in [-0.2, -0.15) is 0 Å². The SMILES string of the molecule is CCCNC(CC(C)CC)c1ccc(OCCC)c(Br)c1. The summed E-state index contributed by atoms with van der Waals surface area (Å²) in [6, 6.07) is 6.93. The van der Waals surface area contributed by atoms with E-state index in [-0.39, 0.29) is 0 Å². The molecule has 2 nitrogen and oxygen atoms in total. The number of ether oxygens (including phenoxy) is 1. The van der Waals surface area contributed by atoms with E-state index >= 15 is 0 Å². The van der Waals surface area contributed by atoms with Crippen LogP contribution in [0.1, 0.15) is 65.0 Å². The van der Waals surface area contributed by atoms with Crippen LogP contribution in [0.2, 0.25) is 0 Å². The summed E-state index contributed by atoms with van der Waals surface area (Å²) < 4.78 is 6.79. The summed E-state index contributed by atoms with van der Waals surface area (Å²) in [5.41, 5.74) is 1.35. The molecule has 0 amide bonds. The standard InChI is InChI=1S/C18H30BrNO/c1-5-10-20-17(12-14(4)7-3)15-8-9-18(16(19)13-15)21-11-6-2/h8-9,13-14,17,20H,5-7,10-12H2,1-4H3. The van der Waals surface area contributed by atoms with Crippen molar-refractivity contribution in [3.63, 3.8) is 0 Å². The highest BCUT2D eigenvalue weighted by molar-refractivity contribution is 9.10. The predicted molar refractivity (Wildman–Crippen MR) is 95.0 cm³/mol. The van der Waals surface area contributed by atoms with Crippen LogP contribution in [0.15, 0.2) is 22.7 Å². The third kappa shape index (κ3) is 6.39. The Morgan fingerprint density at radius 2 is 1.95 bits per heavy atom. The van der Waals surface area contributed by atoms with Crippen molar-refractivity contribution in [1.82, 2.24) is 5.32 Å². The van der Waals surface area contributed by atoms with Gasteiger partial charge >= 0.3 is 0 Å². The molecule has 0 aliphatic carbocycles. The highest BCUT2D eigenvalue weighted by atomic mass is 79.9. The van der Waals surface area contributed by atoms with E-state index in [0.717, 1.165) is 42.1 Å². The molecule has 0 saturated heterocycles. The fraction of sp³-hybridized carbons (Fsp3) is 0.667. The second-order valence-corrected chi connectivity index (χ2v) is 6.65. The quantitative estimate of drug-likeness (QED) is 0.579. The summed E-state index contributed by atoms with van der Waals surface area (Å²) in [7, 11) is 0. The van der Waals surface area contributed by atoms with E-state index in [1.54, 1.807) is 0 Å². The maximum atomic E-state index is 5.74. The topological polar surface area (TPSA) is 21.3 Å². The Bertz CT molecular complexity index is 408. The molecule has 0 fully saturated rings. The molecule has 0 saturated carbocycles. The van der Waals surface area contributed by atoms with Crippen molar-refractivity contribution in [2.45, 2.75) is 59.4 Å². The van der Waals surface area contributed by atoms with Gasteiger partial charge in [0, 0.05) is 6.04 Å². The average molecular weight is 356 g/mol. The molecule has 2 unspecified atom stereocenters. The molecule has 1 aromatic carbocycles. The molecular formula is C18H30BrNO. The lowest BCUT2D eigenvalue weighted by molar-refractivity contribution is 0.315. The van der Waals surface area contributed by atoms with Gasteiger partial charge in [-0.1, -0.05) is 40.2 Å². The van der Waals surface area contributed by atoms with Crippen LogP contribution in [0.25, 0.3) is 0 Å². The van der Waals surface area contributed by atoms with Crippen LogP contribution in [0, 0.1) is 5.92 Å². The molecule has 120 valence electrons. The number of halogens is 1. The van der Waals surface area contributed by atoms with Gasteiger partial charge < -0.3 is 10.1 Å². The lowest BCUT2D eigenvalue weighted by Gasteiger charge is -2.23. The number of nitrogens with one attached hydrogen (secondary N) is 1. The zero-order valence-electron chi connectivity index (χ0n) is 13.9. The molecule has 0 radical (unpaired) electrons. The monoisotopic (exact) mass is 355 g/mol. The number of hydrogen-bond donors (Lipinski definition) is 1. The van der Waals surface area contributed by atoms with E-state index in [2.05, 4.69) is 67.1 Å². The van der Waals surface area contributed by atoms with Gasteiger partial charge in [0.2, 0.25) is 0 Å². The third-order valence-electron chi connectivity index (χ3n) is 3.80. The Morgan fingerprint density at radius 3 is 2.52 bits per heavy atom. The molecule has 1 aromatic rings. The third-order valence-corrected chi connectivity index (χ3v) is 4.42. The molecule has 1 N–H and O–H groups in total. The van der Waals surface area contributed by atoms with E-state index in [4.69, 9.17) is 4.74 Å². The van der Waals surface area contributed by atoms with E-state index in [1.165, 1.54) is 18.4 Å². The molecule has 0 heterocycles. The van der Waals surface area contributed by atoms with Crippen molar-refractivity contribution in [3.8, 4) is 5.75 Å². The van der Waals surface area contributed by atoms with Gasteiger partial charge in [-0.25, -0.2) is 0 Å². The normalized spacial score (nSPS) is 14.0. The predicted octanol–water partition coefficient (Wildman–Crippen LogP) is 5.71. The lowest BCUT2D eigenvalue weighted by atomic mass is 9.94. The van der Waals surface area contributed by atoms with Gasteiger partial charge in [-0.05, 0) is 65.4 Å². The summed E-state index contributed by atoms with van der Waals surface area (Å²) >= 11 is 3.64. The van der Waals surface area contributed by atoms with Crippen molar-refractivity contribution in [1.29, 1.82) is 0 Å². The van der Waals surface area contributed by atoms with Crippen molar-refractivity contribution in [2.75, 3.05) is 13.2 Å². The largest absolute Gasteiger partial charge is 0.492 e.